The van der Waals surface area contributed by atoms with Gasteiger partial charge in [0.1, 0.15) is 11.9 Å². The SMILES string of the molecule is CCCCC1C(=O)N(C)CCN1C(=O)CCc1n[nH]c(C)n1. The van der Waals surface area contributed by atoms with Crippen LogP contribution in [0.2, 0.25) is 0 Å². The van der Waals surface area contributed by atoms with Crippen LogP contribution in [-0.4, -0.2) is 63.0 Å². The zero-order valence-corrected chi connectivity index (χ0v) is 13.6. The van der Waals surface area contributed by atoms with E-state index in [1.54, 1.807) is 16.8 Å². The second-order valence-corrected chi connectivity index (χ2v) is 5.84. The van der Waals surface area contributed by atoms with Crippen molar-refractivity contribution in [3.8, 4) is 0 Å². The molecule has 2 amide bonds. The molecule has 0 bridgehead atoms. The van der Waals surface area contributed by atoms with Crippen molar-refractivity contribution in [3.63, 3.8) is 0 Å². The first-order valence-electron chi connectivity index (χ1n) is 7.95. The third-order valence-electron chi connectivity index (χ3n) is 4.07. The molecule has 1 aromatic rings. The van der Waals surface area contributed by atoms with Crippen molar-refractivity contribution in [3.05, 3.63) is 11.6 Å². The molecule has 1 fully saturated rings. The van der Waals surface area contributed by atoms with Gasteiger partial charge in [0.2, 0.25) is 11.8 Å². The summed E-state index contributed by atoms with van der Waals surface area (Å²) >= 11 is 0. The molecule has 7 heteroatoms. The molecule has 1 aliphatic rings. The summed E-state index contributed by atoms with van der Waals surface area (Å²) < 4.78 is 0. The minimum atomic E-state index is -0.305. The van der Waals surface area contributed by atoms with Gasteiger partial charge in [-0.05, 0) is 13.3 Å². The van der Waals surface area contributed by atoms with E-state index in [1.807, 2.05) is 6.92 Å². The Morgan fingerprint density at radius 1 is 1.41 bits per heavy atom. The second kappa shape index (κ2) is 7.38. The van der Waals surface area contributed by atoms with E-state index in [0.717, 1.165) is 25.1 Å². The summed E-state index contributed by atoms with van der Waals surface area (Å²) in [5.74, 6) is 1.47. The number of nitrogens with zero attached hydrogens (tertiary/aromatic N) is 4. The molecule has 1 aliphatic heterocycles. The molecule has 7 nitrogen and oxygen atoms in total. The topological polar surface area (TPSA) is 82.2 Å². The van der Waals surface area contributed by atoms with Crippen LogP contribution in [0.15, 0.2) is 0 Å². The number of carbonyl (C=O) groups is 2. The van der Waals surface area contributed by atoms with Crippen LogP contribution >= 0.6 is 0 Å². The number of aryl methyl sites for hydroxylation is 2. The van der Waals surface area contributed by atoms with Gasteiger partial charge in [0.05, 0.1) is 0 Å². The molecule has 1 aromatic heterocycles. The summed E-state index contributed by atoms with van der Waals surface area (Å²) in [6, 6.07) is -0.305. The predicted octanol–water partition coefficient (Wildman–Crippen LogP) is 0.905. The Labute approximate surface area is 131 Å². The molecule has 0 spiro atoms. The van der Waals surface area contributed by atoms with Crippen LogP contribution in [-0.2, 0) is 16.0 Å². The highest BCUT2D eigenvalue weighted by Gasteiger charge is 2.35. The van der Waals surface area contributed by atoms with Crippen LogP contribution in [0.5, 0.6) is 0 Å². The number of hydrogen-bond acceptors (Lipinski definition) is 4. The number of unbranched alkanes of at least 4 members (excludes halogenated alkanes) is 1. The van der Waals surface area contributed by atoms with Crippen LogP contribution in [0.1, 0.15) is 44.3 Å². The van der Waals surface area contributed by atoms with Gasteiger partial charge in [0.15, 0.2) is 5.82 Å². The lowest BCUT2D eigenvalue weighted by molar-refractivity contribution is -0.150. The molecule has 0 aromatic carbocycles. The molecule has 1 saturated heterocycles. The summed E-state index contributed by atoms with van der Waals surface area (Å²) in [5, 5.41) is 6.82. The summed E-state index contributed by atoms with van der Waals surface area (Å²) in [6.45, 7) is 5.14. The van der Waals surface area contributed by atoms with Gasteiger partial charge in [-0.1, -0.05) is 19.8 Å². The van der Waals surface area contributed by atoms with Crippen LogP contribution in [0.25, 0.3) is 0 Å². The summed E-state index contributed by atoms with van der Waals surface area (Å²) in [7, 11) is 1.81. The number of likely N-dealkylation sites (N-methyl/N-ethyl adjacent to an activating group) is 1. The lowest BCUT2D eigenvalue weighted by atomic mass is 10.0. The van der Waals surface area contributed by atoms with Crippen LogP contribution in [0.3, 0.4) is 0 Å². The Morgan fingerprint density at radius 2 is 2.18 bits per heavy atom. The summed E-state index contributed by atoms with van der Waals surface area (Å²) in [4.78, 5) is 32.5. The Balaban J connectivity index is 1.97. The Hall–Kier alpha value is -1.92. The maximum atomic E-state index is 12.5. The molecule has 1 atom stereocenters. The lowest BCUT2D eigenvalue weighted by Crippen LogP contribution is -2.57. The predicted molar refractivity (Wildman–Crippen MR) is 82.1 cm³/mol. The maximum Gasteiger partial charge on any atom is 0.245 e. The molecule has 0 saturated carbocycles. The fourth-order valence-electron chi connectivity index (χ4n) is 2.75. The van der Waals surface area contributed by atoms with Crippen molar-refractivity contribution in [1.29, 1.82) is 0 Å². The molecule has 2 heterocycles. The third-order valence-corrected chi connectivity index (χ3v) is 4.07. The molecule has 0 radical (unpaired) electrons. The van der Waals surface area contributed by atoms with Crippen LogP contribution in [0, 0.1) is 6.92 Å². The summed E-state index contributed by atoms with van der Waals surface area (Å²) in [5.41, 5.74) is 0. The van der Waals surface area contributed by atoms with Gasteiger partial charge < -0.3 is 9.80 Å². The zero-order valence-electron chi connectivity index (χ0n) is 13.6. The lowest BCUT2D eigenvalue weighted by Gasteiger charge is -2.39. The number of piperazine rings is 1. The number of carbonyl (C=O) groups excluding carboxylic acids is 2. The number of amides is 2. The number of hydrogen-bond donors (Lipinski definition) is 1. The average Bonchev–Trinajstić information content (AvgIpc) is 2.92. The van der Waals surface area contributed by atoms with Crippen molar-refractivity contribution in [2.45, 2.75) is 52.0 Å². The van der Waals surface area contributed by atoms with Crippen molar-refractivity contribution in [2.75, 3.05) is 20.1 Å². The van der Waals surface area contributed by atoms with Gasteiger partial charge in [0.25, 0.3) is 0 Å². The van der Waals surface area contributed by atoms with Gasteiger partial charge in [-0.25, -0.2) is 4.98 Å². The smallest absolute Gasteiger partial charge is 0.245 e. The number of rotatable bonds is 6. The van der Waals surface area contributed by atoms with E-state index < -0.39 is 0 Å². The van der Waals surface area contributed by atoms with E-state index in [2.05, 4.69) is 22.1 Å². The van der Waals surface area contributed by atoms with Gasteiger partial charge in [-0.2, -0.15) is 5.10 Å². The second-order valence-electron chi connectivity index (χ2n) is 5.84. The molecule has 0 aliphatic carbocycles. The minimum absolute atomic E-state index is 0.0185. The molecule has 22 heavy (non-hydrogen) atoms. The first-order chi connectivity index (χ1) is 10.5. The molecular formula is C15H25N5O2. The third kappa shape index (κ3) is 3.84. The normalized spacial score (nSPS) is 18.9. The number of aromatic amines is 1. The Bertz CT molecular complexity index is 528. The quantitative estimate of drug-likeness (QED) is 0.846. The number of nitrogens with one attached hydrogen (secondary N) is 1. The molecule has 1 N–H and O–H groups in total. The fraction of sp³-hybridized carbons (Fsp3) is 0.733. The van der Waals surface area contributed by atoms with Gasteiger partial charge in [0, 0.05) is 33.0 Å². The highest BCUT2D eigenvalue weighted by atomic mass is 16.2. The van der Waals surface area contributed by atoms with Crippen LogP contribution < -0.4 is 0 Å². The van der Waals surface area contributed by atoms with E-state index in [4.69, 9.17) is 0 Å². The van der Waals surface area contributed by atoms with Gasteiger partial charge >= 0.3 is 0 Å². The van der Waals surface area contributed by atoms with E-state index in [0.29, 0.717) is 31.8 Å². The van der Waals surface area contributed by atoms with Crippen molar-refractivity contribution < 1.29 is 9.59 Å². The van der Waals surface area contributed by atoms with Gasteiger partial charge in [-0.3, -0.25) is 14.7 Å². The van der Waals surface area contributed by atoms with Crippen molar-refractivity contribution in [1.82, 2.24) is 25.0 Å². The van der Waals surface area contributed by atoms with E-state index >= 15 is 0 Å². The fourth-order valence-corrected chi connectivity index (χ4v) is 2.75. The Kier molecular flexibility index (Phi) is 5.51. The largest absolute Gasteiger partial charge is 0.342 e. The van der Waals surface area contributed by atoms with Crippen LogP contribution in [0.4, 0.5) is 0 Å². The van der Waals surface area contributed by atoms with Gasteiger partial charge in [-0.15, -0.1) is 0 Å². The zero-order chi connectivity index (χ0) is 16.1. The minimum Gasteiger partial charge on any atom is -0.342 e. The van der Waals surface area contributed by atoms with E-state index in [9.17, 15) is 9.59 Å². The average molecular weight is 307 g/mol. The summed E-state index contributed by atoms with van der Waals surface area (Å²) in [6.07, 6.45) is 3.56. The number of aromatic nitrogens is 3. The Morgan fingerprint density at radius 3 is 2.82 bits per heavy atom. The van der Waals surface area contributed by atoms with E-state index in [-0.39, 0.29) is 17.9 Å². The number of H-pyrrole nitrogens is 1. The molecular weight excluding hydrogens is 282 g/mol. The monoisotopic (exact) mass is 307 g/mol. The first kappa shape index (κ1) is 16.5. The maximum absolute atomic E-state index is 12.5. The highest BCUT2D eigenvalue weighted by molar-refractivity contribution is 5.88. The molecule has 1 unspecified atom stereocenters. The molecule has 2 rings (SSSR count). The first-order valence-corrected chi connectivity index (χ1v) is 7.95. The van der Waals surface area contributed by atoms with Crippen molar-refractivity contribution in [2.24, 2.45) is 0 Å². The molecule has 122 valence electrons. The van der Waals surface area contributed by atoms with Crippen molar-refractivity contribution >= 4 is 11.8 Å². The highest BCUT2D eigenvalue weighted by Crippen LogP contribution is 2.17. The standard InChI is InChI=1S/C15H25N5O2/c1-4-5-6-12-15(22)19(3)9-10-20(12)14(21)8-7-13-16-11(2)17-18-13/h12H,4-10H2,1-3H3,(H,16,17,18). The van der Waals surface area contributed by atoms with E-state index in [1.165, 1.54) is 0 Å².